The van der Waals surface area contributed by atoms with Crippen molar-refractivity contribution in [3.05, 3.63) is 103 Å². The Hall–Kier alpha value is -1.12. The molecular formula is C26H26Br4O3. The van der Waals surface area contributed by atoms with Crippen molar-refractivity contribution in [1.29, 1.82) is 0 Å². The third kappa shape index (κ3) is 8.55. The van der Waals surface area contributed by atoms with Crippen LogP contribution >= 0.6 is 63.7 Å². The molecule has 0 aromatic heterocycles. The quantitative estimate of drug-likeness (QED) is 0.206. The first kappa shape index (κ1) is 28.1. The molecule has 2 aromatic carbocycles. The predicted molar refractivity (Wildman–Crippen MR) is 152 cm³/mol. The van der Waals surface area contributed by atoms with E-state index < -0.39 is 0 Å². The van der Waals surface area contributed by atoms with Crippen molar-refractivity contribution in [1.82, 2.24) is 0 Å². The van der Waals surface area contributed by atoms with Crippen LogP contribution in [0.15, 0.2) is 91.8 Å². The lowest BCUT2D eigenvalue weighted by Crippen LogP contribution is -2.12. The molecule has 33 heavy (non-hydrogen) atoms. The number of methoxy groups -OCH3 is 2. The van der Waals surface area contributed by atoms with Gasteiger partial charge in [0.25, 0.3) is 0 Å². The zero-order chi connectivity index (χ0) is 24.4. The monoisotopic (exact) mass is 702 g/mol. The van der Waals surface area contributed by atoms with Crippen molar-refractivity contribution in [3.8, 4) is 11.5 Å². The Morgan fingerprint density at radius 2 is 1.18 bits per heavy atom. The predicted octanol–water partition coefficient (Wildman–Crippen LogP) is 9.74. The van der Waals surface area contributed by atoms with E-state index in [1.54, 1.807) is 26.4 Å². The van der Waals surface area contributed by atoms with Gasteiger partial charge in [-0.25, -0.2) is 0 Å². The van der Waals surface area contributed by atoms with Gasteiger partial charge in [0, 0.05) is 17.9 Å². The Balaban J connectivity index is 2.50. The molecule has 0 spiro atoms. The molecular weight excluding hydrogens is 680 g/mol. The van der Waals surface area contributed by atoms with Gasteiger partial charge in [0.2, 0.25) is 0 Å². The first-order chi connectivity index (χ1) is 15.8. The largest absolute Gasteiger partial charge is 0.497 e. The third-order valence-electron chi connectivity index (χ3n) is 4.88. The summed E-state index contributed by atoms with van der Waals surface area (Å²) in [5, 5.41) is 0. The van der Waals surface area contributed by atoms with Crippen molar-refractivity contribution >= 4 is 63.7 Å². The second-order valence-corrected chi connectivity index (χ2v) is 10.5. The van der Waals surface area contributed by atoms with Crippen LogP contribution in [-0.4, -0.2) is 14.2 Å². The highest BCUT2D eigenvalue weighted by Crippen LogP contribution is 2.40. The summed E-state index contributed by atoms with van der Waals surface area (Å²) in [6.07, 6.45) is 8.49. The maximum absolute atomic E-state index is 6.78. The van der Waals surface area contributed by atoms with Gasteiger partial charge in [0.15, 0.2) is 0 Å². The van der Waals surface area contributed by atoms with Crippen LogP contribution in [-0.2, 0) is 4.74 Å². The minimum absolute atomic E-state index is 0.229. The van der Waals surface area contributed by atoms with E-state index >= 15 is 0 Å². The van der Waals surface area contributed by atoms with Crippen LogP contribution < -0.4 is 9.47 Å². The van der Waals surface area contributed by atoms with E-state index in [1.165, 1.54) is 0 Å². The fraction of sp³-hybridized carbons (Fsp3) is 0.231. The molecule has 0 radical (unpaired) electrons. The lowest BCUT2D eigenvalue weighted by molar-refractivity contribution is -0.0128. The fourth-order valence-corrected chi connectivity index (χ4v) is 4.71. The number of halogens is 4. The lowest BCUT2D eigenvalue weighted by atomic mass is 10.0. The first-order valence-corrected chi connectivity index (χ1v) is 13.3. The summed E-state index contributed by atoms with van der Waals surface area (Å²) in [7, 11) is 3.31. The minimum atomic E-state index is -0.229. The maximum Gasteiger partial charge on any atom is 0.120 e. The topological polar surface area (TPSA) is 27.7 Å². The molecule has 2 aromatic rings. The number of ether oxygens (including phenoxy) is 3. The number of benzene rings is 2. The molecule has 2 atom stereocenters. The zero-order valence-electron chi connectivity index (χ0n) is 18.5. The van der Waals surface area contributed by atoms with Crippen molar-refractivity contribution in [2.45, 2.75) is 25.0 Å². The second kappa shape index (κ2) is 14.3. The highest BCUT2D eigenvalue weighted by Gasteiger charge is 2.23. The third-order valence-corrected chi connectivity index (χ3v) is 7.55. The van der Waals surface area contributed by atoms with E-state index in [9.17, 15) is 0 Å². The molecule has 7 heteroatoms. The first-order valence-electron chi connectivity index (χ1n) is 10.1. The SMILES string of the molecule is C=C/C(Br)=C/CC(OC(C/C=C(\Br)C=C)c1ccc(OC)cc1Br)c1ccc(OC)cc1Br. The van der Waals surface area contributed by atoms with E-state index in [0.29, 0.717) is 12.8 Å². The van der Waals surface area contributed by atoms with Gasteiger partial charge < -0.3 is 14.2 Å². The number of allylic oxidation sites excluding steroid dienone is 4. The molecule has 0 fully saturated rings. The Labute approximate surface area is 230 Å². The van der Waals surface area contributed by atoms with Crippen LogP contribution in [0.4, 0.5) is 0 Å². The Morgan fingerprint density at radius 1 is 0.788 bits per heavy atom. The highest BCUT2D eigenvalue weighted by atomic mass is 79.9. The van der Waals surface area contributed by atoms with Crippen molar-refractivity contribution in [2.75, 3.05) is 14.2 Å². The fourth-order valence-electron chi connectivity index (χ4n) is 3.11. The summed E-state index contributed by atoms with van der Waals surface area (Å²) in [5.74, 6) is 1.55. The van der Waals surface area contributed by atoms with Gasteiger partial charge in [-0.05, 0) is 48.2 Å². The van der Waals surface area contributed by atoms with E-state index in [0.717, 1.165) is 40.5 Å². The summed E-state index contributed by atoms with van der Waals surface area (Å²) < 4.78 is 21.2. The molecule has 0 aliphatic rings. The average molecular weight is 706 g/mol. The smallest absolute Gasteiger partial charge is 0.120 e. The molecule has 0 amide bonds. The second-order valence-electron chi connectivity index (χ2n) is 6.95. The lowest BCUT2D eigenvalue weighted by Gasteiger charge is -2.26. The van der Waals surface area contributed by atoms with Gasteiger partial charge in [-0.1, -0.05) is 113 Å². The molecule has 0 saturated heterocycles. The van der Waals surface area contributed by atoms with E-state index in [4.69, 9.17) is 14.2 Å². The number of hydrogen-bond acceptors (Lipinski definition) is 3. The highest BCUT2D eigenvalue weighted by molar-refractivity contribution is 9.12. The Morgan fingerprint density at radius 3 is 1.48 bits per heavy atom. The summed E-state index contributed by atoms with van der Waals surface area (Å²) >= 11 is 14.4. The number of rotatable bonds is 12. The van der Waals surface area contributed by atoms with Gasteiger partial charge in [-0.3, -0.25) is 0 Å². The van der Waals surface area contributed by atoms with Crippen LogP contribution in [0, 0.1) is 0 Å². The molecule has 2 unspecified atom stereocenters. The molecule has 0 N–H and O–H groups in total. The van der Waals surface area contributed by atoms with E-state index in [2.05, 4.69) is 89.0 Å². The van der Waals surface area contributed by atoms with E-state index in [1.807, 2.05) is 36.4 Å². The molecule has 2 rings (SSSR count). The minimum Gasteiger partial charge on any atom is -0.497 e. The number of hydrogen-bond donors (Lipinski definition) is 0. The van der Waals surface area contributed by atoms with Crippen LogP contribution in [0.3, 0.4) is 0 Å². The summed E-state index contributed by atoms with van der Waals surface area (Å²) in [6, 6.07) is 11.8. The van der Waals surface area contributed by atoms with Crippen molar-refractivity contribution in [2.24, 2.45) is 0 Å². The van der Waals surface area contributed by atoms with Crippen molar-refractivity contribution in [3.63, 3.8) is 0 Å². The maximum atomic E-state index is 6.78. The molecule has 0 aliphatic carbocycles. The van der Waals surface area contributed by atoms with Gasteiger partial charge in [-0.15, -0.1) is 0 Å². The van der Waals surface area contributed by atoms with Crippen LogP contribution in [0.1, 0.15) is 36.2 Å². The molecule has 3 nitrogen and oxygen atoms in total. The van der Waals surface area contributed by atoms with Gasteiger partial charge >= 0.3 is 0 Å². The summed E-state index contributed by atoms with van der Waals surface area (Å²) in [5.41, 5.74) is 2.05. The Bertz CT molecular complexity index is 949. The van der Waals surface area contributed by atoms with E-state index in [-0.39, 0.29) is 12.2 Å². The van der Waals surface area contributed by atoms with Crippen LogP contribution in [0.2, 0.25) is 0 Å². The molecule has 0 saturated carbocycles. The van der Waals surface area contributed by atoms with Crippen molar-refractivity contribution < 1.29 is 14.2 Å². The van der Waals surface area contributed by atoms with Crippen LogP contribution in [0.25, 0.3) is 0 Å². The van der Waals surface area contributed by atoms with Gasteiger partial charge in [-0.2, -0.15) is 0 Å². The summed E-state index contributed by atoms with van der Waals surface area (Å²) in [4.78, 5) is 0. The standard InChI is InChI=1S/C26H26Br4O3/c1-5-17(27)7-13-25(21-11-9-19(31-3)15-23(21)29)33-26(14-8-18(28)6-2)22-12-10-20(32-4)16-24(22)30/h5-12,15-16,25-26H,1-2,13-14H2,3-4H3/b17-7-,18-8-. The Kier molecular flexibility index (Phi) is 12.2. The van der Waals surface area contributed by atoms with Crippen LogP contribution in [0.5, 0.6) is 11.5 Å². The normalized spacial score (nSPS) is 13.9. The van der Waals surface area contributed by atoms with Gasteiger partial charge in [0.05, 0.1) is 26.4 Å². The molecule has 0 bridgehead atoms. The van der Waals surface area contributed by atoms with Gasteiger partial charge in [0.1, 0.15) is 11.5 Å². The summed E-state index contributed by atoms with van der Waals surface area (Å²) in [6.45, 7) is 7.65. The zero-order valence-corrected chi connectivity index (χ0v) is 24.8. The molecule has 176 valence electrons. The average Bonchev–Trinajstić information content (AvgIpc) is 2.83. The molecule has 0 aliphatic heterocycles. The molecule has 0 heterocycles.